The number of likely N-dealkylation sites (tertiary alicyclic amines) is 1. The molecule has 2 heterocycles. The summed E-state index contributed by atoms with van der Waals surface area (Å²) < 4.78 is 27.0. The third-order valence-electron chi connectivity index (χ3n) is 5.96. The topological polar surface area (TPSA) is 68.6 Å². The standard InChI is InChI=1S/C26H31FN4O3/c1-30-12-10-28-25(30)18-31-16-20(19-34-24-9-5-6-22(27)15-24)14-21(17-31)26(32)29-11-13-33-23-7-3-2-4-8-23/h2-10,12,15,20-21H,11,13-14,16-19H2,1H3,(H,29,32)/t20-,21+/m0/s1. The maximum atomic E-state index is 13.5. The average molecular weight is 467 g/mol. The molecule has 0 bridgehead atoms. The van der Waals surface area contributed by atoms with Crippen molar-refractivity contribution < 1.29 is 18.7 Å². The molecule has 1 aliphatic heterocycles. The molecule has 2 aromatic carbocycles. The van der Waals surface area contributed by atoms with Crippen LogP contribution in [0, 0.1) is 17.7 Å². The summed E-state index contributed by atoms with van der Waals surface area (Å²) in [4.78, 5) is 19.7. The van der Waals surface area contributed by atoms with Crippen LogP contribution in [0.25, 0.3) is 0 Å². The zero-order chi connectivity index (χ0) is 23.8. The molecule has 1 saturated heterocycles. The largest absolute Gasteiger partial charge is 0.493 e. The third-order valence-corrected chi connectivity index (χ3v) is 5.96. The maximum Gasteiger partial charge on any atom is 0.224 e. The van der Waals surface area contributed by atoms with Crippen molar-refractivity contribution in [1.82, 2.24) is 19.8 Å². The highest BCUT2D eigenvalue weighted by Gasteiger charge is 2.32. The molecule has 34 heavy (non-hydrogen) atoms. The lowest BCUT2D eigenvalue weighted by molar-refractivity contribution is -0.128. The molecule has 1 aliphatic rings. The number of carbonyl (C=O) groups excluding carboxylic acids is 1. The summed E-state index contributed by atoms with van der Waals surface area (Å²) in [5.41, 5.74) is 0. The maximum absolute atomic E-state index is 13.5. The van der Waals surface area contributed by atoms with Gasteiger partial charge >= 0.3 is 0 Å². The molecule has 1 aromatic heterocycles. The molecular formula is C26H31FN4O3. The van der Waals surface area contributed by atoms with Crippen molar-refractivity contribution in [2.45, 2.75) is 13.0 Å². The molecule has 0 unspecified atom stereocenters. The van der Waals surface area contributed by atoms with Gasteiger partial charge in [0.1, 0.15) is 29.7 Å². The molecule has 3 aromatic rings. The number of amides is 1. The quantitative estimate of drug-likeness (QED) is 0.465. The molecule has 0 saturated carbocycles. The summed E-state index contributed by atoms with van der Waals surface area (Å²) in [5, 5.41) is 3.01. The second kappa shape index (κ2) is 11.7. The highest BCUT2D eigenvalue weighted by molar-refractivity contribution is 5.79. The lowest BCUT2D eigenvalue weighted by atomic mass is 9.89. The monoisotopic (exact) mass is 466 g/mol. The first-order valence-corrected chi connectivity index (χ1v) is 11.6. The van der Waals surface area contributed by atoms with E-state index >= 15 is 0 Å². The number of piperidine rings is 1. The van der Waals surface area contributed by atoms with Crippen LogP contribution in [0.1, 0.15) is 12.2 Å². The Morgan fingerprint density at radius 2 is 1.94 bits per heavy atom. The van der Waals surface area contributed by atoms with E-state index in [1.54, 1.807) is 18.3 Å². The minimum Gasteiger partial charge on any atom is -0.493 e. The van der Waals surface area contributed by atoms with Gasteiger partial charge in [-0.05, 0) is 30.7 Å². The van der Waals surface area contributed by atoms with E-state index in [-0.39, 0.29) is 23.6 Å². The Balaban J connectivity index is 1.33. The Labute approximate surface area is 199 Å². The molecule has 8 heteroatoms. The molecule has 0 aliphatic carbocycles. The van der Waals surface area contributed by atoms with E-state index in [0.29, 0.717) is 45.0 Å². The van der Waals surface area contributed by atoms with Gasteiger partial charge in [0.15, 0.2) is 0 Å². The van der Waals surface area contributed by atoms with Crippen LogP contribution in [0.4, 0.5) is 4.39 Å². The van der Waals surface area contributed by atoms with Crippen LogP contribution >= 0.6 is 0 Å². The van der Waals surface area contributed by atoms with E-state index < -0.39 is 0 Å². The number of benzene rings is 2. The molecular weight excluding hydrogens is 435 g/mol. The zero-order valence-electron chi connectivity index (χ0n) is 19.4. The summed E-state index contributed by atoms with van der Waals surface area (Å²) in [7, 11) is 1.97. The molecule has 1 N–H and O–H groups in total. The van der Waals surface area contributed by atoms with E-state index in [1.807, 2.05) is 48.1 Å². The number of nitrogens with one attached hydrogen (secondary N) is 1. The van der Waals surface area contributed by atoms with Crippen molar-refractivity contribution in [3.63, 3.8) is 0 Å². The number of aryl methyl sites for hydroxylation is 1. The van der Waals surface area contributed by atoms with Crippen molar-refractivity contribution in [2.24, 2.45) is 18.9 Å². The summed E-state index contributed by atoms with van der Waals surface area (Å²) in [6.07, 6.45) is 4.40. The average Bonchev–Trinajstić information content (AvgIpc) is 3.25. The molecule has 0 radical (unpaired) electrons. The summed E-state index contributed by atoms with van der Waals surface area (Å²) in [6, 6.07) is 15.7. The van der Waals surface area contributed by atoms with Crippen LogP contribution in [0.2, 0.25) is 0 Å². The summed E-state index contributed by atoms with van der Waals surface area (Å²) in [6.45, 7) is 3.35. The Kier molecular flexibility index (Phi) is 8.14. The van der Waals surface area contributed by atoms with Crippen molar-refractivity contribution >= 4 is 5.91 Å². The van der Waals surface area contributed by atoms with Crippen molar-refractivity contribution in [3.05, 3.63) is 78.6 Å². The number of carbonyl (C=O) groups is 1. The first-order chi connectivity index (χ1) is 16.6. The van der Waals surface area contributed by atoms with Gasteiger partial charge in [0.25, 0.3) is 0 Å². The number of ether oxygens (including phenoxy) is 2. The zero-order valence-corrected chi connectivity index (χ0v) is 19.4. The van der Waals surface area contributed by atoms with E-state index in [4.69, 9.17) is 9.47 Å². The van der Waals surface area contributed by atoms with Gasteiger partial charge in [-0.3, -0.25) is 9.69 Å². The van der Waals surface area contributed by atoms with Gasteiger partial charge in [0.2, 0.25) is 5.91 Å². The smallest absolute Gasteiger partial charge is 0.224 e. The summed E-state index contributed by atoms with van der Waals surface area (Å²) >= 11 is 0. The van der Waals surface area contributed by atoms with Gasteiger partial charge in [0.05, 0.1) is 25.6 Å². The van der Waals surface area contributed by atoms with Gasteiger partial charge < -0.3 is 19.4 Å². The molecule has 0 spiro atoms. The molecule has 1 fully saturated rings. The Morgan fingerprint density at radius 3 is 2.71 bits per heavy atom. The van der Waals surface area contributed by atoms with Crippen molar-refractivity contribution in [1.29, 1.82) is 0 Å². The van der Waals surface area contributed by atoms with E-state index in [1.165, 1.54) is 12.1 Å². The van der Waals surface area contributed by atoms with Crippen molar-refractivity contribution in [3.8, 4) is 11.5 Å². The van der Waals surface area contributed by atoms with Crippen LogP contribution in [-0.2, 0) is 18.4 Å². The minimum absolute atomic E-state index is 0.0111. The van der Waals surface area contributed by atoms with Crippen molar-refractivity contribution in [2.75, 3.05) is 32.8 Å². The van der Waals surface area contributed by atoms with Crippen LogP contribution in [0.3, 0.4) is 0 Å². The molecule has 1 amide bonds. The molecule has 180 valence electrons. The van der Waals surface area contributed by atoms with E-state index in [2.05, 4.69) is 15.2 Å². The SMILES string of the molecule is Cn1ccnc1CN1C[C@@H](COc2cccc(F)c2)C[C@@H](C(=O)NCCOc2ccccc2)C1. The number of para-hydroxylation sites is 1. The normalized spacial score (nSPS) is 18.4. The number of nitrogens with zero attached hydrogens (tertiary/aromatic N) is 3. The minimum atomic E-state index is -0.326. The van der Waals surface area contributed by atoms with Gasteiger partial charge in [0, 0.05) is 44.5 Å². The molecule has 4 rings (SSSR count). The number of hydrogen-bond donors (Lipinski definition) is 1. The molecule has 7 nitrogen and oxygen atoms in total. The second-order valence-electron chi connectivity index (χ2n) is 8.67. The van der Waals surface area contributed by atoms with E-state index in [0.717, 1.165) is 18.1 Å². The lowest BCUT2D eigenvalue weighted by Gasteiger charge is -2.36. The Morgan fingerprint density at radius 1 is 1.12 bits per heavy atom. The van der Waals surface area contributed by atoms with E-state index in [9.17, 15) is 9.18 Å². The number of halogens is 1. The summed E-state index contributed by atoms with van der Waals surface area (Å²) in [5.74, 6) is 1.87. The van der Waals surface area contributed by atoms with Crippen LogP contribution < -0.4 is 14.8 Å². The van der Waals surface area contributed by atoms with Crippen LogP contribution in [-0.4, -0.2) is 53.2 Å². The van der Waals surface area contributed by atoms with Gasteiger partial charge in [-0.25, -0.2) is 9.37 Å². The first-order valence-electron chi connectivity index (χ1n) is 11.6. The Bertz CT molecular complexity index is 1060. The highest BCUT2D eigenvalue weighted by atomic mass is 19.1. The van der Waals surface area contributed by atoms with Gasteiger partial charge in [-0.2, -0.15) is 0 Å². The number of rotatable bonds is 10. The number of aromatic nitrogens is 2. The Hall–Kier alpha value is -3.39. The fourth-order valence-electron chi connectivity index (χ4n) is 4.27. The first kappa shape index (κ1) is 23.8. The number of hydrogen-bond acceptors (Lipinski definition) is 5. The van der Waals surface area contributed by atoms with Crippen LogP contribution in [0.5, 0.6) is 11.5 Å². The van der Waals surface area contributed by atoms with Crippen LogP contribution in [0.15, 0.2) is 67.0 Å². The fraction of sp³-hybridized carbons (Fsp3) is 0.385. The van der Waals surface area contributed by atoms with Gasteiger partial charge in [-0.15, -0.1) is 0 Å². The van der Waals surface area contributed by atoms with Gasteiger partial charge in [-0.1, -0.05) is 24.3 Å². The lowest BCUT2D eigenvalue weighted by Crippen LogP contribution is -2.48. The fourth-order valence-corrected chi connectivity index (χ4v) is 4.27. The third kappa shape index (κ3) is 6.81. The predicted octanol–water partition coefficient (Wildman–Crippen LogP) is 3.27. The second-order valence-corrected chi connectivity index (χ2v) is 8.67. The highest BCUT2D eigenvalue weighted by Crippen LogP contribution is 2.25. The number of imidazole rings is 1. The predicted molar refractivity (Wildman–Crippen MR) is 127 cm³/mol. The molecule has 2 atom stereocenters.